The molecule has 0 aliphatic carbocycles. The minimum absolute atomic E-state index is 0.340. The van der Waals surface area contributed by atoms with Crippen LogP contribution in [0.3, 0.4) is 0 Å². The molecule has 2 saturated heterocycles. The lowest BCUT2D eigenvalue weighted by atomic mass is 9.93. The van der Waals surface area contributed by atoms with Crippen LogP contribution in [0.1, 0.15) is 65.7 Å². The van der Waals surface area contributed by atoms with Crippen LogP contribution in [0.5, 0.6) is 0 Å². The molecule has 2 heterocycles. The summed E-state index contributed by atoms with van der Waals surface area (Å²) in [6.07, 6.45) is 9.37. The molecule has 0 aromatic heterocycles. The van der Waals surface area contributed by atoms with Crippen molar-refractivity contribution in [1.82, 2.24) is 9.80 Å². The van der Waals surface area contributed by atoms with Crippen LogP contribution in [0, 0.1) is 0 Å². The van der Waals surface area contributed by atoms with Crippen LogP contribution < -0.4 is 5.73 Å². The Morgan fingerprint density at radius 3 is 2.55 bits per heavy atom. The van der Waals surface area contributed by atoms with Gasteiger partial charge in [-0.05, 0) is 59.2 Å². The van der Waals surface area contributed by atoms with Crippen LogP contribution in [0.2, 0.25) is 0 Å². The summed E-state index contributed by atoms with van der Waals surface area (Å²) in [5.41, 5.74) is 6.88. The summed E-state index contributed by atoms with van der Waals surface area (Å²) in [5, 5.41) is 0. The first kappa shape index (κ1) is 16.3. The zero-order chi connectivity index (χ0) is 14.6. The molecule has 0 saturated carbocycles. The fourth-order valence-electron chi connectivity index (χ4n) is 4.14. The van der Waals surface area contributed by atoms with Gasteiger partial charge in [0.15, 0.2) is 0 Å². The highest BCUT2D eigenvalue weighted by Crippen LogP contribution is 2.33. The normalized spacial score (nSPS) is 31.8. The lowest BCUT2D eigenvalue weighted by molar-refractivity contribution is 0.0478. The first-order valence-corrected chi connectivity index (χ1v) is 8.79. The van der Waals surface area contributed by atoms with Gasteiger partial charge in [-0.25, -0.2) is 0 Å². The number of likely N-dealkylation sites (tertiary alicyclic amines) is 2. The van der Waals surface area contributed by atoms with E-state index in [0.717, 1.165) is 6.54 Å². The summed E-state index contributed by atoms with van der Waals surface area (Å²) in [7, 11) is 0. The van der Waals surface area contributed by atoms with Gasteiger partial charge < -0.3 is 10.6 Å². The van der Waals surface area contributed by atoms with E-state index in [9.17, 15) is 0 Å². The molecule has 20 heavy (non-hydrogen) atoms. The Kier molecular flexibility index (Phi) is 5.88. The third-order valence-corrected chi connectivity index (χ3v) is 5.40. The van der Waals surface area contributed by atoms with Gasteiger partial charge in [0, 0.05) is 24.2 Å². The van der Waals surface area contributed by atoms with Crippen LogP contribution in [-0.2, 0) is 0 Å². The summed E-state index contributed by atoms with van der Waals surface area (Å²) in [6, 6.07) is 0.951. The molecule has 0 aromatic carbocycles. The number of nitrogens with zero attached hydrogens (tertiary/aromatic N) is 2. The summed E-state index contributed by atoms with van der Waals surface area (Å²) in [4.78, 5) is 5.30. The van der Waals surface area contributed by atoms with Gasteiger partial charge in [0.1, 0.15) is 0 Å². The fraction of sp³-hybridized carbons (Fsp3) is 1.00. The molecule has 0 amide bonds. The van der Waals surface area contributed by atoms with E-state index in [1.807, 2.05) is 0 Å². The van der Waals surface area contributed by atoms with Crippen LogP contribution in [0.15, 0.2) is 0 Å². The second kappa shape index (κ2) is 7.24. The molecule has 0 aromatic rings. The lowest BCUT2D eigenvalue weighted by Crippen LogP contribution is -2.60. The van der Waals surface area contributed by atoms with Crippen molar-refractivity contribution < 1.29 is 0 Å². The highest BCUT2D eigenvalue weighted by Gasteiger charge is 2.40. The Balaban J connectivity index is 1.77. The molecule has 2 aliphatic heterocycles. The zero-order valence-corrected chi connectivity index (χ0v) is 13.9. The number of unbranched alkanes of at least 4 members (excludes halogenated alkanes) is 3. The van der Waals surface area contributed by atoms with Gasteiger partial charge in [-0.3, -0.25) is 4.90 Å². The standard InChI is InChI=1S/C17H35N3/c1-4-5-6-7-11-19-13-9-16(15(18)14-19)20-12-8-10-17(20,2)3/h15-16H,4-14,18H2,1-3H3. The molecule has 2 aliphatic rings. The predicted molar refractivity (Wildman–Crippen MR) is 87.0 cm³/mol. The molecule has 2 rings (SSSR count). The molecule has 2 N–H and O–H groups in total. The van der Waals surface area contributed by atoms with Crippen LogP contribution in [-0.4, -0.2) is 53.6 Å². The van der Waals surface area contributed by atoms with E-state index >= 15 is 0 Å². The van der Waals surface area contributed by atoms with Crippen molar-refractivity contribution in [2.24, 2.45) is 5.73 Å². The van der Waals surface area contributed by atoms with Gasteiger partial charge in [-0.2, -0.15) is 0 Å². The van der Waals surface area contributed by atoms with E-state index in [-0.39, 0.29) is 0 Å². The highest BCUT2D eigenvalue weighted by atomic mass is 15.3. The van der Waals surface area contributed by atoms with E-state index < -0.39 is 0 Å². The van der Waals surface area contributed by atoms with Crippen molar-refractivity contribution in [3.63, 3.8) is 0 Å². The zero-order valence-electron chi connectivity index (χ0n) is 13.9. The Labute approximate surface area is 125 Å². The number of hydrogen-bond acceptors (Lipinski definition) is 3. The Hall–Kier alpha value is -0.120. The number of rotatable bonds is 6. The first-order chi connectivity index (χ1) is 9.54. The fourth-order valence-corrected chi connectivity index (χ4v) is 4.14. The topological polar surface area (TPSA) is 32.5 Å². The number of nitrogens with two attached hydrogens (primary N) is 1. The van der Waals surface area contributed by atoms with Crippen molar-refractivity contribution in [2.45, 2.75) is 83.3 Å². The summed E-state index contributed by atoms with van der Waals surface area (Å²) < 4.78 is 0. The van der Waals surface area contributed by atoms with Gasteiger partial charge in [-0.15, -0.1) is 0 Å². The van der Waals surface area contributed by atoms with Gasteiger partial charge >= 0.3 is 0 Å². The molecule has 118 valence electrons. The number of piperidine rings is 1. The van der Waals surface area contributed by atoms with E-state index in [2.05, 4.69) is 30.6 Å². The second-order valence-corrected chi connectivity index (χ2v) is 7.49. The van der Waals surface area contributed by atoms with E-state index in [0.29, 0.717) is 17.6 Å². The van der Waals surface area contributed by atoms with Crippen LogP contribution >= 0.6 is 0 Å². The maximum atomic E-state index is 6.52. The van der Waals surface area contributed by atoms with Crippen molar-refractivity contribution in [2.75, 3.05) is 26.2 Å². The van der Waals surface area contributed by atoms with Crippen LogP contribution in [0.25, 0.3) is 0 Å². The summed E-state index contributed by atoms with van der Waals surface area (Å²) in [6.45, 7) is 11.9. The molecule has 2 fully saturated rings. The largest absolute Gasteiger partial charge is 0.325 e. The molecule has 0 radical (unpaired) electrons. The van der Waals surface area contributed by atoms with Gasteiger partial charge in [0.25, 0.3) is 0 Å². The van der Waals surface area contributed by atoms with Gasteiger partial charge in [0.2, 0.25) is 0 Å². The third-order valence-electron chi connectivity index (χ3n) is 5.40. The Bertz CT molecular complexity index is 290. The van der Waals surface area contributed by atoms with Crippen LogP contribution in [0.4, 0.5) is 0 Å². The quantitative estimate of drug-likeness (QED) is 0.760. The molecular weight excluding hydrogens is 246 g/mol. The smallest absolute Gasteiger partial charge is 0.0326 e. The molecule has 3 nitrogen and oxygen atoms in total. The maximum absolute atomic E-state index is 6.52. The number of hydrogen-bond donors (Lipinski definition) is 1. The van der Waals surface area contributed by atoms with Gasteiger partial charge in [0.05, 0.1) is 0 Å². The van der Waals surface area contributed by atoms with Crippen molar-refractivity contribution in [1.29, 1.82) is 0 Å². The minimum Gasteiger partial charge on any atom is -0.325 e. The van der Waals surface area contributed by atoms with Gasteiger partial charge in [-0.1, -0.05) is 26.2 Å². The predicted octanol–water partition coefficient (Wildman–Crippen LogP) is 2.84. The van der Waals surface area contributed by atoms with E-state index in [1.54, 1.807) is 0 Å². The molecule has 2 unspecified atom stereocenters. The van der Waals surface area contributed by atoms with E-state index in [4.69, 9.17) is 5.73 Å². The average molecular weight is 281 g/mol. The molecule has 0 spiro atoms. The maximum Gasteiger partial charge on any atom is 0.0326 e. The second-order valence-electron chi connectivity index (χ2n) is 7.49. The Morgan fingerprint density at radius 2 is 1.95 bits per heavy atom. The Morgan fingerprint density at radius 1 is 1.15 bits per heavy atom. The minimum atomic E-state index is 0.340. The summed E-state index contributed by atoms with van der Waals surface area (Å²) in [5.74, 6) is 0. The highest BCUT2D eigenvalue weighted by molar-refractivity contribution is 4.98. The SMILES string of the molecule is CCCCCCN1CCC(N2CCCC2(C)C)C(N)C1. The summed E-state index contributed by atoms with van der Waals surface area (Å²) >= 11 is 0. The molecule has 3 heteroatoms. The first-order valence-electron chi connectivity index (χ1n) is 8.79. The molecule has 2 atom stereocenters. The lowest BCUT2D eigenvalue weighted by Gasteiger charge is -2.46. The molecular formula is C17H35N3. The van der Waals surface area contributed by atoms with E-state index in [1.165, 1.54) is 64.6 Å². The monoisotopic (exact) mass is 281 g/mol. The van der Waals surface area contributed by atoms with Crippen molar-refractivity contribution in [3.8, 4) is 0 Å². The third kappa shape index (κ3) is 3.96. The average Bonchev–Trinajstić information content (AvgIpc) is 2.75. The van der Waals surface area contributed by atoms with Crippen molar-refractivity contribution >= 4 is 0 Å². The molecule has 0 bridgehead atoms. The van der Waals surface area contributed by atoms with Crippen molar-refractivity contribution in [3.05, 3.63) is 0 Å².